The molecule has 0 amide bonds. The summed E-state index contributed by atoms with van der Waals surface area (Å²) in [5.74, 6) is 0.708. The van der Waals surface area contributed by atoms with Crippen molar-refractivity contribution in [2.24, 2.45) is 27.8 Å². The minimum atomic E-state index is -0.0549. The highest BCUT2D eigenvalue weighted by atomic mass is 16.3. The average molecular weight is 343 g/mol. The van der Waals surface area contributed by atoms with Gasteiger partial charge in [-0.3, -0.25) is 5.41 Å². The van der Waals surface area contributed by atoms with Gasteiger partial charge in [0.15, 0.2) is 11.5 Å². The lowest BCUT2D eigenvalue weighted by Gasteiger charge is -2.41. The largest absolute Gasteiger partial charge is 0.506 e. The molecule has 4 heteroatoms. The maximum absolute atomic E-state index is 11.0. The minimum absolute atomic E-state index is 0.0238. The Balaban J connectivity index is 2.45. The number of nitrogens with two attached hydrogens (primary N) is 1. The highest BCUT2D eigenvalue weighted by Gasteiger charge is 2.42. The van der Waals surface area contributed by atoms with E-state index in [9.17, 15) is 5.11 Å². The molecule has 0 heterocycles. The van der Waals surface area contributed by atoms with Crippen molar-refractivity contribution < 1.29 is 10.5 Å². The molecule has 2 aliphatic carbocycles. The van der Waals surface area contributed by atoms with E-state index in [0.717, 1.165) is 5.70 Å². The summed E-state index contributed by atoms with van der Waals surface area (Å²) in [6, 6.07) is 0. The number of aliphatic hydroxyl groups excluding tert-OH is 1. The standard InChI is InChI=1S/C21H31N3O/c1-13-14(20(2,3)4)12-17(19(25)18(13)21(5,6)7)24-23-16-11-9-8-10-15(16)22/h8-13,18,22,24-25H,1-7H3/p+1. The minimum Gasteiger partial charge on any atom is -0.506 e. The molecule has 4 N–H and O–H groups in total. The van der Waals surface area contributed by atoms with E-state index in [1.165, 1.54) is 5.57 Å². The average Bonchev–Trinajstić information content (AvgIpc) is 2.45. The number of rotatable bonds is 2. The number of allylic oxidation sites excluding steroid dienone is 7. The number of hydrogen-bond acceptors (Lipinski definition) is 3. The summed E-state index contributed by atoms with van der Waals surface area (Å²) in [5.41, 5.74) is 4.75. The Hall–Kier alpha value is -1.94. The second kappa shape index (κ2) is 6.75. The zero-order chi connectivity index (χ0) is 19.0. The predicted octanol–water partition coefficient (Wildman–Crippen LogP) is 4.11. The molecule has 25 heavy (non-hydrogen) atoms. The summed E-state index contributed by atoms with van der Waals surface area (Å²) in [7, 11) is 0. The van der Waals surface area contributed by atoms with E-state index in [4.69, 9.17) is 5.41 Å². The molecular weight excluding hydrogens is 310 g/mol. The first-order valence-electron chi connectivity index (χ1n) is 8.93. The van der Waals surface area contributed by atoms with Crippen molar-refractivity contribution in [3.8, 4) is 0 Å². The van der Waals surface area contributed by atoms with Gasteiger partial charge in [0.05, 0.1) is 5.71 Å². The Morgan fingerprint density at radius 2 is 1.68 bits per heavy atom. The Labute approximate surface area is 151 Å². The van der Waals surface area contributed by atoms with Crippen molar-refractivity contribution in [2.45, 2.75) is 48.5 Å². The number of hydrogen-bond donors (Lipinski definition) is 3. The molecule has 0 aromatic heterocycles. The smallest absolute Gasteiger partial charge is 0.193 e. The topological polar surface area (TPSA) is 73.0 Å². The zero-order valence-corrected chi connectivity index (χ0v) is 16.5. The monoisotopic (exact) mass is 342 g/mol. The van der Waals surface area contributed by atoms with Gasteiger partial charge in [-0.25, -0.2) is 0 Å². The Morgan fingerprint density at radius 3 is 2.20 bits per heavy atom. The number of quaternary nitrogens is 1. The van der Waals surface area contributed by atoms with Gasteiger partial charge >= 0.3 is 0 Å². The molecule has 2 rings (SSSR count). The molecule has 0 aliphatic heterocycles. The lowest BCUT2D eigenvalue weighted by atomic mass is 9.63. The van der Waals surface area contributed by atoms with Crippen molar-refractivity contribution in [2.75, 3.05) is 0 Å². The van der Waals surface area contributed by atoms with Gasteiger partial charge < -0.3 is 5.11 Å². The van der Waals surface area contributed by atoms with Crippen LogP contribution in [-0.4, -0.2) is 16.5 Å². The Kier molecular flexibility index (Phi) is 5.24. The van der Waals surface area contributed by atoms with E-state index in [0.29, 0.717) is 17.2 Å². The van der Waals surface area contributed by atoms with Gasteiger partial charge in [0, 0.05) is 12.0 Å². The number of nitrogens with zero attached hydrogens (tertiary/aromatic N) is 1. The van der Waals surface area contributed by atoms with Crippen LogP contribution in [0.5, 0.6) is 0 Å². The van der Waals surface area contributed by atoms with Crippen LogP contribution in [0.15, 0.2) is 52.5 Å². The van der Waals surface area contributed by atoms with E-state index in [2.05, 4.69) is 59.6 Å². The van der Waals surface area contributed by atoms with Crippen molar-refractivity contribution in [3.63, 3.8) is 0 Å². The van der Waals surface area contributed by atoms with Gasteiger partial charge in [0.1, 0.15) is 5.71 Å². The molecule has 0 spiro atoms. The summed E-state index contributed by atoms with van der Waals surface area (Å²) in [6.07, 6.45) is 9.32. The lowest BCUT2D eigenvalue weighted by Crippen LogP contribution is -2.77. The van der Waals surface area contributed by atoms with Crippen LogP contribution in [0.2, 0.25) is 0 Å². The van der Waals surface area contributed by atoms with Gasteiger partial charge in [-0.1, -0.05) is 71.3 Å². The molecule has 0 radical (unpaired) electrons. The van der Waals surface area contributed by atoms with Gasteiger partial charge in [0.2, 0.25) is 0 Å². The maximum atomic E-state index is 11.0. The van der Waals surface area contributed by atoms with Crippen LogP contribution in [0.4, 0.5) is 0 Å². The molecule has 2 aliphatic rings. The third-order valence-electron chi connectivity index (χ3n) is 4.94. The first-order valence-corrected chi connectivity index (χ1v) is 8.93. The van der Waals surface area contributed by atoms with Crippen molar-refractivity contribution in [1.82, 2.24) is 0 Å². The molecule has 0 saturated carbocycles. The highest BCUT2D eigenvalue weighted by Crippen LogP contribution is 2.47. The van der Waals surface area contributed by atoms with Gasteiger partial charge in [-0.05, 0) is 28.9 Å². The molecule has 0 aromatic rings. The van der Waals surface area contributed by atoms with Crippen LogP contribution < -0.4 is 5.43 Å². The summed E-state index contributed by atoms with van der Waals surface area (Å²) >= 11 is 0. The molecule has 136 valence electrons. The molecule has 0 fully saturated rings. The van der Waals surface area contributed by atoms with E-state index >= 15 is 0 Å². The summed E-state index contributed by atoms with van der Waals surface area (Å²) < 4.78 is 0. The number of aliphatic hydroxyl groups is 1. The summed E-state index contributed by atoms with van der Waals surface area (Å²) in [6.45, 7) is 15.4. The van der Waals surface area contributed by atoms with Gasteiger partial charge in [-0.15, -0.1) is 0 Å². The van der Waals surface area contributed by atoms with Gasteiger partial charge in [0.25, 0.3) is 0 Å². The van der Waals surface area contributed by atoms with E-state index in [1.54, 1.807) is 11.5 Å². The van der Waals surface area contributed by atoms with Crippen molar-refractivity contribution >= 4 is 11.4 Å². The highest BCUT2D eigenvalue weighted by molar-refractivity contribution is 6.49. The Morgan fingerprint density at radius 1 is 1.08 bits per heavy atom. The van der Waals surface area contributed by atoms with Crippen LogP contribution in [0.3, 0.4) is 0 Å². The fraction of sp³-hybridized carbons (Fsp3) is 0.524. The van der Waals surface area contributed by atoms with Crippen LogP contribution in [-0.2, 0) is 0 Å². The quantitative estimate of drug-likeness (QED) is 0.394. The second-order valence-corrected chi connectivity index (χ2v) is 9.10. The fourth-order valence-electron chi connectivity index (χ4n) is 3.86. The Bertz CT molecular complexity index is 706. The normalized spacial score (nSPS) is 26.4. The van der Waals surface area contributed by atoms with Crippen molar-refractivity contribution in [3.05, 3.63) is 47.4 Å². The van der Waals surface area contributed by atoms with E-state index < -0.39 is 0 Å². The van der Waals surface area contributed by atoms with Crippen molar-refractivity contribution in [1.29, 1.82) is 5.41 Å². The SMILES string of the molecule is CC1C(C(C)(C)C)=CC([NH2+]N=C2C=CC=CC2=N)=C(O)C1C(C)(C)C. The third-order valence-corrected chi connectivity index (χ3v) is 4.94. The van der Waals surface area contributed by atoms with E-state index in [1.807, 2.05) is 18.2 Å². The van der Waals surface area contributed by atoms with Crippen LogP contribution >= 0.6 is 0 Å². The van der Waals surface area contributed by atoms with Crippen LogP contribution in [0.25, 0.3) is 0 Å². The number of nitrogens with one attached hydrogen (secondary N) is 1. The third kappa shape index (κ3) is 4.18. The summed E-state index contributed by atoms with van der Waals surface area (Å²) in [4.78, 5) is 0. The fourth-order valence-corrected chi connectivity index (χ4v) is 3.86. The van der Waals surface area contributed by atoms with Crippen LogP contribution in [0.1, 0.15) is 48.5 Å². The second-order valence-electron chi connectivity index (χ2n) is 9.10. The first-order chi connectivity index (χ1) is 11.4. The van der Waals surface area contributed by atoms with Crippen LogP contribution in [0, 0.1) is 28.1 Å². The zero-order valence-electron chi connectivity index (χ0n) is 16.5. The molecule has 0 saturated heterocycles. The summed E-state index contributed by atoms with van der Waals surface area (Å²) in [5, 5.41) is 23.4. The molecule has 0 bridgehead atoms. The molecule has 0 aromatic carbocycles. The first kappa shape index (κ1) is 19.4. The maximum Gasteiger partial charge on any atom is 0.193 e. The van der Waals surface area contributed by atoms with Gasteiger partial charge in [-0.2, -0.15) is 5.43 Å². The molecule has 2 unspecified atom stereocenters. The lowest BCUT2D eigenvalue weighted by molar-refractivity contribution is -0.610. The van der Waals surface area contributed by atoms with E-state index in [-0.39, 0.29) is 22.7 Å². The molecular formula is C21H32N3O+. The molecule has 4 nitrogen and oxygen atoms in total. The predicted molar refractivity (Wildman–Crippen MR) is 105 cm³/mol. The molecule has 2 atom stereocenters.